The van der Waals surface area contributed by atoms with Crippen LogP contribution in [0.15, 0.2) is 65.3 Å². The van der Waals surface area contributed by atoms with Crippen molar-refractivity contribution in [3.05, 3.63) is 77.9 Å². The molecule has 6 heteroatoms. The number of nitrogens with one attached hydrogen (secondary N) is 1. The average Bonchev–Trinajstić information content (AvgIpc) is 3.09. The molecule has 0 saturated heterocycles. The van der Waals surface area contributed by atoms with E-state index in [2.05, 4.69) is 10.3 Å². The second-order valence-corrected chi connectivity index (χ2v) is 5.54. The molecule has 2 N–H and O–H groups in total. The summed E-state index contributed by atoms with van der Waals surface area (Å²) < 4.78 is 18.3. The Labute approximate surface area is 144 Å². The molecule has 3 aromatic rings. The number of aliphatic hydroxyl groups excluding tert-OH is 1. The fourth-order valence-corrected chi connectivity index (χ4v) is 2.44. The van der Waals surface area contributed by atoms with Gasteiger partial charge in [0.05, 0.1) is 24.8 Å². The Bertz CT molecular complexity index is 831. The van der Waals surface area contributed by atoms with Crippen molar-refractivity contribution in [2.24, 2.45) is 0 Å². The zero-order valence-corrected chi connectivity index (χ0v) is 13.4. The molecule has 0 saturated carbocycles. The summed E-state index contributed by atoms with van der Waals surface area (Å²) in [7, 11) is 0. The number of carbonyl (C=O) groups is 1. The van der Waals surface area contributed by atoms with Crippen molar-refractivity contribution in [2.45, 2.75) is 12.5 Å². The highest BCUT2D eigenvalue weighted by molar-refractivity contribution is 5.78. The number of aromatic nitrogens is 1. The summed E-state index contributed by atoms with van der Waals surface area (Å²) in [6.45, 7) is -0.199. The fraction of sp³-hybridized carbons (Fsp3) is 0.158. The van der Waals surface area contributed by atoms with Gasteiger partial charge in [-0.15, -0.1) is 0 Å². The first-order valence-electron chi connectivity index (χ1n) is 7.81. The predicted molar refractivity (Wildman–Crippen MR) is 90.0 cm³/mol. The van der Waals surface area contributed by atoms with Gasteiger partial charge < -0.3 is 14.8 Å². The molecule has 128 valence electrons. The number of hydrogen-bond donors (Lipinski definition) is 2. The molecule has 0 aliphatic heterocycles. The van der Waals surface area contributed by atoms with Gasteiger partial charge in [-0.3, -0.25) is 4.79 Å². The van der Waals surface area contributed by atoms with Crippen LogP contribution in [0.4, 0.5) is 4.39 Å². The first-order valence-corrected chi connectivity index (χ1v) is 7.81. The molecule has 0 aliphatic rings. The molecule has 0 spiro atoms. The minimum absolute atomic E-state index is 0.0219. The lowest BCUT2D eigenvalue weighted by atomic mass is 10.1. The van der Waals surface area contributed by atoms with E-state index >= 15 is 0 Å². The first-order chi connectivity index (χ1) is 12.2. The molecule has 2 aromatic carbocycles. The second kappa shape index (κ2) is 7.72. The fourth-order valence-electron chi connectivity index (χ4n) is 2.44. The van der Waals surface area contributed by atoms with Gasteiger partial charge in [0.25, 0.3) is 0 Å². The molecular formula is C19H17FN2O3. The van der Waals surface area contributed by atoms with Crippen LogP contribution in [-0.2, 0) is 11.2 Å². The van der Waals surface area contributed by atoms with Gasteiger partial charge >= 0.3 is 0 Å². The van der Waals surface area contributed by atoms with E-state index in [0.717, 1.165) is 5.56 Å². The maximum atomic E-state index is 13.0. The van der Waals surface area contributed by atoms with Crippen LogP contribution in [0.3, 0.4) is 0 Å². The third-order valence-corrected chi connectivity index (χ3v) is 3.70. The van der Waals surface area contributed by atoms with E-state index in [-0.39, 0.29) is 24.8 Å². The molecule has 25 heavy (non-hydrogen) atoms. The van der Waals surface area contributed by atoms with Gasteiger partial charge in [-0.25, -0.2) is 9.37 Å². The van der Waals surface area contributed by atoms with Crippen LogP contribution in [0.2, 0.25) is 0 Å². The Hall–Kier alpha value is -2.99. The highest BCUT2D eigenvalue weighted by atomic mass is 19.1. The summed E-state index contributed by atoms with van der Waals surface area (Å²) in [5, 5.41) is 12.3. The van der Waals surface area contributed by atoms with E-state index in [0.29, 0.717) is 17.1 Å². The third kappa shape index (κ3) is 4.30. The van der Waals surface area contributed by atoms with Crippen molar-refractivity contribution < 1.29 is 18.7 Å². The lowest BCUT2D eigenvalue weighted by Gasteiger charge is -2.16. The SMILES string of the molecule is O=C(Cc1coc(-c2ccc(F)cc2)n1)N[C@@H](CO)c1ccccc1. The molecular weight excluding hydrogens is 323 g/mol. The molecule has 1 atom stereocenters. The Morgan fingerprint density at radius 3 is 2.56 bits per heavy atom. The van der Waals surface area contributed by atoms with Gasteiger partial charge in [0.1, 0.15) is 12.1 Å². The predicted octanol–water partition coefficient (Wildman–Crippen LogP) is 2.87. The van der Waals surface area contributed by atoms with Crippen LogP contribution in [0.25, 0.3) is 11.5 Å². The van der Waals surface area contributed by atoms with Crippen molar-refractivity contribution >= 4 is 5.91 Å². The number of aliphatic hydroxyl groups is 1. The number of oxazole rings is 1. The van der Waals surface area contributed by atoms with E-state index < -0.39 is 6.04 Å². The van der Waals surface area contributed by atoms with Gasteiger partial charge in [0.15, 0.2) is 0 Å². The zero-order chi connectivity index (χ0) is 17.6. The summed E-state index contributed by atoms with van der Waals surface area (Å²) in [5.41, 5.74) is 1.91. The van der Waals surface area contributed by atoms with Crippen molar-refractivity contribution in [3.63, 3.8) is 0 Å². The highest BCUT2D eigenvalue weighted by Gasteiger charge is 2.15. The molecule has 0 bridgehead atoms. The number of nitrogens with zero attached hydrogens (tertiary/aromatic N) is 1. The summed E-state index contributed by atoms with van der Waals surface area (Å²) in [6, 6.07) is 14.5. The summed E-state index contributed by atoms with van der Waals surface area (Å²) >= 11 is 0. The normalized spacial score (nSPS) is 11.9. The van der Waals surface area contributed by atoms with Crippen LogP contribution < -0.4 is 5.32 Å². The smallest absolute Gasteiger partial charge is 0.226 e. The van der Waals surface area contributed by atoms with Crippen molar-refractivity contribution in [3.8, 4) is 11.5 Å². The molecule has 0 fully saturated rings. The largest absolute Gasteiger partial charge is 0.444 e. The number of carbonyl (C=O) groups excluding carboxylic acids is 1. The number of amides is 1. The minimum atomic E-state index is -0.475. The number of benzene rings is 2. The summed E-state index contributed by atoms with van der Waals surface area (Å²) in [5.74, 6) is -0.294. The molecule has 5 nitrogen and oxygen atoms in total. The average molecular weight is 340 g/mol. The van der Waals surface area contributed by atoms with E-state index in [1.54, 1.807) is 12.1 Å². The van der Waals surface area contributed by atoms with Crippen LogP contribution in [0, 0.1) is 5.82 Å². The topological polar surface area (TPSA) is 75.4 Å². The molecule has 1 aromatic heterocycles. The minimum Gasteiger partial charge on any atom is -0.444 e. The molecule has 1 amide bonds. The van der Waals surface area contributed by atoms with Crippen LogP contribution in [-0.4, -0.2) is 22.6 Å². The lowest BCUT2D eigenvalue weighted by Crippen LogP contribution is -2.32. The van der Waals surface area contributed by atoms with E-state index in [1.165, 1.54) is 18.4 Å². The van der Waals surface area contributed by atoms with Crippen LogP contribution >= 0.6 is 0 Å². The van der Waals surface area contributed by atoms with E-state index in [4.69, 9.17) is 4.42 Å². The van der Waals surface area contributed by atoms with Gasteiger partial charge in [0.2, 0.25) is 11.8 Å². The van der Waals surface area contributed by atoms with Crippen molar-refractivity contribution in [1.82, 2.24) is 10.3 Å². The van der Waals surface area contributed by atoms with Crippen LogP contribution in [0.1, 0.15) is 17.3 Å². The van der Waals surface area contributed by atoms with E-state index in [1.807, 2.05) is 30.3 Å². The molecule has 3 rings (SSSR count). The first kappa shape index (κ1) is 16.9. The number of halogens is 1. The zero-order valence-electron chi connectivity index (χ0n) is 13.4. The quantitative estimate of drug-likeness (QED) is 0.723. The van der Waals surface area contributed by atoms with Crippen LogP contribution in [0.5, 0.6) is 0 Å². The molecule has 0 radical (unpaired) electrons. The van der Waals surface area contributed by atoms with Gasteiger partial charge in [-0.05, 0) is 29.8 Å². The maximum Gasteiger partial charge on any atom is 0.226 e. The van der Waals surface area contributed by atoms with E-state index in [9.17, 15) is 14.3 Å². The van der Waals surface area contributed by atoms with Gasteiger partial charge in [-0.1, -0.05) is 30.3 Å². The Kier molecular flexibility index (Phi) is 5.20. The number of rotatable bonds is 6. The Morgan fingerprint density at radius 1 is 1.16 bits per heavy atom. The third-order valence-electron chi connectivity index (χ3n) is 3.70. The summed E-state index contributed by atoms with van der Waals surface area (Å²) in [6.07, 6.45) is 1.42. The summed E-state index contributed by atoms with van der Waals surface area (Å²) in [4.78, 5) is 16.4. The Balaban J connectivity index is 1.64. The Morgan fingerprint density at radius 2 is 1.88 bits per heavy atom. The monoisotopic (exact) mass is 340 g/mol. The molecule has 1 heterocycles. The highest BCUT2D eigenvalue weighted by Crippen LogP contribution is 2.19. The van der Waals surface area contributed by atoms with Gasteiger partial charge in [0, 0.05) is 5.56 Å². The lowest BCUT2D eigenvalue weighted by molar-refractivity contribution is -0.121. The van der Waals surface area contributed by atoms with Gasteiger partial charge in [-0.2, -0.15) is 0 Å². The second-order valence-electron chi connectivity index (χ2n) is 5.54. The maximum absolute atomic E-state index is 13.0. The number of hydrogen-bond acceptors (Lipinski definition) is 4. The standard InChI is InChI=1S/C19H17FN2O3/c20-15-8-6-14(7-9-15)19-21-16(12-25-19)10-18(24)22-17(11-23)13-4-2-1-3-5-13/h1-9,12,17,23H,10-11H2,(H,22,24)/t17-/m0/s1. The molecule has 0 aliphatic carbocycles. The molecule has 0 unspecified atom stereocenters. The van der Waals surface area contributed by atoms with Crippen molar-refractivity contribution in [1.29, 1.82) is 0 Å². The van der Waals surface area contributed by atoms with Crippen molar-refractivity contribution in [2.75, 3.05) is 6.61 Å².